The van der Waals surface area contributed by atoms with Gasteiger partial charge in [0.2, 0.25) is 0 Å². The van der Waals surface area contributed by atoms with Gasteiger partial charge < -0.3 is 15.1 Å². The van der Waals surface area contributed by atoms with Gasteiger partial charge in [0, 0.05) is 13.1 Å². The summed E-state index contributed by atoms with van der Waals surface area (Å²) in [6.07, 6.45) is 0.640. The Kier molecular flexibility index (Phi) is 3.69. The number of β-amino-alcohol motifs (C(OH)–C–C–N with tert-alkyl or cyclic N) is 1. The van der Waals surface area contributed by atoms with Crippen molar-refractivity contribution in [2.75, 3.05) is 18.0 Å². The highest BCUT2D eigenvalue weighted by Crippen LogP contribution is 2.32. The zero-order valence-corrected chi connectivity index (χ0v) is 10.6. The van der Waals surface area contributed by atoms with Crippen molar-refractivity contribution < 1.29 is 10.2 Å². The predicted molar refractivity (Wildman–Crippen MR) is 65.0 cm³/mol. The van der Waals surface area contributed by atoms with Gasteiger partial charge in [0.25, 0.3) is 0 Å². The summed E-state index contributed by atoms with van der Waals surface area (Å²) in [6, 6.07) is 0. The predicted octanol–water partition coefficient (Wildman–Crippen LogP) is 1.50. The molecular weight excluding hydrogens is 248 g/mol. The normalized spacial score (nSPS) is 26.1. The van der Waals surface area contributed by atoms with Crippen LogP contribution >= 0.6 is 22.9 Å². The Balaban J connectivity index is 2.12. The largest absolute Gasteiger partial charge is 0.391 e. The highest BCUT2D eigenvalue weighted by atomic mass is 35.5. The zero-order valence-electron chi connectivity index (χ0n) is 9.06. The third-order valence-electron chi connectivity index (χ3n) is 2.97. The Labute approximate surface area is 103 Å². The van der Waals surface area contributed by atoms with Gasteiger partial charge in [-0.1, -0.05) is 29.9 Å². The fraction of sp³-hybridized carbons (Fsp3) is 0.700. The van der Waals surface area contributed by atoms with E-state index in [4.69, 9.17) is 16.7 Å². The molecule has 2 atom stereocenters. The number of nitrogens with zero attached hydrogens (tertiary/aromatic N) is 2. The van der Waals surface area contributed by atoms with Gasteiger partial charge in [-0.15, -0.1) is 0 Å². The van der Waals surface area contributed by atoms with E-state index in [1.165, 1.54) is 11.3 Å². The maximum Gasteiger partial charge on any atom is 0.187 e. The highest BCUT2D eigenvalue weighted by Gasteiger charge is 2.26. The summed E-state index contributed by atoms with van der Waals surface area (Å²) in [4.78, 5) is 6.92. The van der Waals surface area contributed by atoms with E-state index in [2.05, 4.69) is 11.9 Å². The number of hydrogen-bond acceptors (Lipinski definition) is 5. The molecule has 0 amide bonds. The van der Waals surface area contributed by atoms with Crippen molar-refractivity contribution in [1.82, 2.24) is 4.98 Å². The van der Waals surface area contributed by atoms with Crippen LogP contribution < -0.4 is 4.90 Å². The van der Waals surface area contributed by atoms with Crippen LogP contribution in [0.1, 0.15) is 18.2 Å². The standard InChI is InChI=1S/C10H15ClN2O2S/c1-6-2-3-13(4-7(6)15)10-12-9(11)8(5-14)16-10/h6-7,14-15H,2-5H2,1H3. The van der Waals surface area contributed by atoms with Crippen molar-refractivity contribution in [3.63, 3.8) is 0 Å². The number of hydrogen-bond donors (Lipinski definition) is 2. The SMILES string of the molecule is CC1CCN(c2nc(Cl)c(CO)s2)CC1O. The van der Waals surface area contributed by atoms with Gasteiger partial charge in [-0.3, -0.25) is 0 Å². The molecule has 2 rings (SSSR count). The van der Waals surface area contributed by atoms with Gasteiger partial charge in [0.05, 0.1) is 17.6 Å². The first-order valence-corrected chi connectivity index (χ1v) is 6.50. The lowest BCUT2D eigenvalue weighted by Crippen LogP contribution is -2.42. The van der Waals surface area contributed by atoms with Crippen LogP contribution in [-0.2, 0) is 6.61 Å². The van der Waals surface area contributed by atoms with Gasteiger partial charge >= 0.3 is 0 Å². The number of aromatic nitrogens is 1. The van der Waals surface area contributed by atoms with Gasteiger partial charge in [-0.25, -0.2) is 4.98 Å². The molecule has 1 aromatic heterocycles. The van der Waals surface area contributed by atoms with E-state index in [0.717, 1.165) is 18.1 Å². The third-order valence-corrected chi connectivity index (χ3v) is 4.50. The molecule has 0 saturated carbocycles. The van der Waals surface area contributed by atoms with Gasteiger partial charge in [-0.2, -0.15) is 0 Å². The Morgan fingerprint density at radius 3 is 2.94 bits per heavy atom. The van der Waals surface area contributed by atoms with Crippen LogP contribution in [0.25, 0.3) is 0 Å². The first-order chi connectivity index (χ1) is 7.61. The molecule has 1 aliphatic heterocycles. The number of aliphatic hydroxyl groups is 2. The van der Waals surface area contributed by atoms with Gasteiger partial charge in [-0.05, 0) is 12.3 Å². The van der Waals surface area contributed by atoms with E-state index in [0.29, 0.717) is 22.5 Å². The number of halogens is 1. The van der Waals surface area contributed by atoms with Crippen molar-refractivity contribution in [2.24, 2.45) is 5.92 Å². The summed E-state index contributed by atoms with van der Waals surface area (Å²) in [7, 11) is 0. The van der Waals surface area contributed by atoms with E-state index >= 15 is 0 Å². The molecule has 2 N–H and O–H groups in total. The molecule has 90 valence electrons. The molecule has 16 heavy (non-hydrogen) atoms. The number of anilines is 1. The van der Waals surface area contributed by atoms with E-state index in [1.54, 1.807) is 0 Å². The van der Waals surface area contributed by atoms with Crippen LogP contribution in [0, 0.1) is 5.92 Å². The monoisotopic (exact) mass is 262 g/mol. The van der Waals surface area contributed by atoms with Crippen LogP contribution in [-0.4, -0.2) is 34.4 Å². The molecule has 0 spiro atoms. The molecule has 2 unspecified atom stereocenters. The molecule has 1 saturated heterocycles. The fourth-order valence-electron chi connectivity index (χ4n) is 1.78. The molecule has 1 aliphatic rings. The molecular formula is C10H15ClN2O2S. The summed E-state index contributed by atoms with van der Waals surface area (Å²) in [5.41, 5.74) is 0. The number of aliphatic hydroxyl groups excluding tert-OH is 2. The second-order valence-corrected chi connectivity index (χ2v) is 5.57. The van der Waals surface area contributed by atoms with E-state index in [9.17, 15) is 5.11 Å². The van der Waals surface area contributed by atoms with E-state index in [-0.39, 0.29) is 12.7 Å². The first kappa shape index (κ1) is 12.1. The molecule has 1 aromatic rings. The Morgan fingerprint density at radius 2 is 2.38 bits per heavy atom. The molecule has 4 nitrogen and oxygen atoms in total. The smallest absolute Gasteiger partial charge is 0.187 e. The van der Waals surface area contributed by atoms with Crippen LogP contribution in [0.3, 0.4) is 0 Å². The fourth-order valence-corrected chi connectivity index (χ4v) is 2.93. The lowest BCUT2D eigenvalue weighted by atomic mass is 9.96. The maximum atomic E-state index is 9.80. The van der Waals surface area contributed by atoms with Crippen LogP contribution in [0.15, 0.2) is 0 Å². The zero-order chi connectivity index (χ0) is 11.7. The van der Waals surface area contributed by atoms with Crippen LogP contribution in [0.4, 0.5) is 5.13 Å². The Bertz CT molecular complexity index is 372. The lowest BCUT2D eigenvalue weighted by Gasteiger charge is -2.33. The quantitative estimate of drug-likeness (QED) is 0.848. The highest BCUT2D eigenvalue weighted by molar-refractivity contribution is 7.16. The van der Waals surface area contributed by atoms with E-state index in [1.807, 2.05) is 4.90 Å². The number of piperidine rings is 1. The molecule has 1 fully saturated rings. The molecule has 6 heteroatoms. The number of thiazole rings is 1. The van der Waals surface area contributed by atoms with Gasteiger partial charge in [0.1, 0.15) is 5.15 Å². The first-order valence-electron chi connectivity index (χ1n) is 5.31. The van der Waals surface area contributed by atoms with Crippen molar-refractivity contribution >= 4 is 28.1 Å². The molecule has 0 radical (unpaired) electrons. The second kappa shape index (κ2) is 4.87. The van der Waals surface area contributed by atoms with Crippen molar-refractivity contribution in [3.05, 3.63) is 10.0 Å². The second-order valence-electron chi connectivity index (χ2n) is 4.15. The minimum absolute atomic E-state index is 0.0801. The molecule has 2 heterocycles. The average molecular weight is 263 g/mol. The summed E-state index contributed by atoms with van der Waals surface area (Å²) in [6.45, 7) is 3.45. The number of rotatable bonds is 2. The molecule has 0 aromatic carbocycles. The topological polar surface area (TPSA) is 56.6 Å². The molecule has 0 bridgehead atoms. The summed E-state index contributed by atoms with van der Waals surface area (Å²) >= 11 is 7.27. The Hall–Kier alpha value is -0.360. The van der Waals surface area contributed by atoms with Crippen molar-refractivity contribution in [1.29, 1.82) is 0 Å². The third kappa shape index (κ3) is 2.32. The minimum Gasteiger partial charge on any atom is -0.391 e. The summed E-state index contributed by atoms with van der Waals surface area (Å²) < 4.78 is 0. The van der Waals surface area contributed by atoms with Crippen molar-refractivity contribution in [3.8, 4) is 0 Å². The maximum absolute atomic E-state index is 9.80. The lowest BCUT2D eigenvalue weighted by molar-refractivity contribution is 0.103. The van der Waals surface area contributed by atoms with Crippen molar-refractivity contribution in [2.45, 2.75) is 26.1 Å². The summed E-state index contributed by atoms with van der Waals surface area (Å²) in [5.74, 6) is 0.337. The minimum atomic E-state index is -0.311. The average Bonchev–Trinajstić information content (AvgIpc) is 2.64. The van der Waals surface area contributed by atoms with E-state index < -0.39 is 0 Å². The summed E-state index contributed by atoms with van der Waals surface area (Å²) in [5, 5.41) is 20.0. The van der Waals surface area contributed by atoms with Crippen LogP contribution in [0.2, 0.25) is 5.15 Å². The van der Waals surface area contributed by atoms with Gasteiger partial charge in [0.15, 0.2) is 5.13 Å². The molecule has 0 aliphatic carbocycles. The Morgan fingerprint density at radius 1 is 1.62 bits per heavy atom. The van der Waals surface area contributed by atoms with Crippen LogP contribution in [0.5, 0.6) is 0 Å².